The number of Topliss-reactive ketones (excluding diaryl/α,β-unsaturated/α-hetero) is 1. The minimum absolute atomic E-state index is 0.137. The zero-order chi connectivity index (χ0) is 14.4. The van der Waals surface area contributed by atoms with Gasteiger partial charge in [0.25, 0.3) is 0 Å². The lowest BCUT2D eigenvalue weighted by Crippen LogP contribution is -2.10. The summed E-state index contributed by atoms with van der Waals surface area (Å²) in [5, 5.41) is 10.9. The van der Waals surface area contributed by atoms with Gasteiger partial charge in [-0.3, -0.25) is 4.79 Å². The Morgan fingerprint density at radius 1 is 1.10 bits per heavy atom. The van der Waals surface area contributed by atoms with Gasteiger partial charge in [0.2, 0.25) is 0 Å². The fraction of sp³-hybridized carbons (Fsp3) is 0. The van der Waals surface area contributed by atoms with E-state index in [0.29, 0.717) is 16.0 Å². The minimum Gasteiger partial charge on any atom is -0.504 e. The fourth-order valence-electron chi connectivity index (χ4n) is 2.47. The van der Waals surface area contributed by atoms with Gasteiger partial charge in [-0.05, 0) is 17.7 Å². The number of hydrogen-bond donors (Lipinski definition) is 1. The molecule has 1 aliphatic carbocycles. The van der Waals surface area contributed by atoms with Crippen LogP contribution in [0.1, 0.15) is 15.9 Å². The zero-order valence-corrected chi connectivity index (χ0v) is 10.9. The summed E-state index contributed by atoms with van der Waals surface area (Å²) in [7, 11) is 0. The molecule has 0 unspecified atom stereocenters. The van der Waals surface area contributed by atoms with Crippen LogP contribution in [-0.4, -0.2) is 10.9 Å². The van der Waals surface area contributed by atoms with Crippen LogP contribution in [0.15, 0.2) is 51.5 Å². The summed E-state index contributed by atoms with van der Waals surface area (Å²) in [5.74, 6) is -0.455. The molecule has 102 valence electrons. The topological polar surface area (TPSA) is 63.6 Å². The van der Waals surface area contributed by atoms with E-state index in [-0.39, 0.29) is 22.5 Å². The van der Waals surface area contributed by atoms with Crippen LogP contribution in [0.25, 0.3) is 12.2 Å². The van der Waals surface area contributed by atoms with Crippen molar-refractivity contribution in [2.75, 3.05) is 0 Å². The maximum atomic E-state index is 12.1. The van der Waals surface area contributed by atoms with Crippen molar-refractivity contribution in [3.05, 3.63) is 75.3 Å². The first-order chi connectivity index (χ1) is 10.2. The molecule has 1 aromatic carbocycles. The molecule has 1 aliphatic rings. The van der Waals surface area contributed by atoms with E-state index in [4.69, 9.17) is 8.83 Å². The van der Waals surface area contributed by atoms with Gasteiger partial charge in [0.1, 0.15) is 11.0 Å². The first-order valence-corrected chi connectivity index (χ1v) is 6.46. The van der Waals surface area contributed by atoms with E-state index < -0.39 is 0 Å². The van der Waals surface area contributed by atoms with Crippen LogP contribution < -0.4 is 10.8 Å². The third-order valence-corrected chi connectivity index (χ3v) is 3.45. The van der Waals surface area contributed by atoms with E-state index in [0.717, 1.165) is 5.56 Å². The van der Waals surface area contributed by atoms with Crippen LogP contribution in [0.2, 0.25) is 0 Å². The molecule has 21 heavy (non-hydrogen) atoms. The Hall–Kier alpha value is -3.01. The lowest BCUT2D eigenvalue weighted by Gasteiger charge is -1.94. The van der Waals surface area contributed by atoms with Crippen molar-refractivity contribution in [2.24, 2.45) is 0 Å². The molecule has 0 radical (unpaired) electrons. The maximum Gasteiger partial charge on any atom is 0.197 e. The molecule has 4 heteroatoms. The molecule has 2 heterocycles. The van der Waals surface area contributed by atoms with Gasteiger partial charge in [-0.25, -0.2) is 0 Å². The second-order valence-electron chi connectivity index (χ2n) is 4.78. The number of carbonyl (C=O) groups is 1. The van der Waals surface area contributed by atoms with Gasteiger partial charge in [-0.2, -0.15) is 0 Å². The Bertz CT molecular complexity index is 1050. The Balaban J connectivity index is 2.12. The van der Waals surface area contributed by atoms with Crippen LogP contribution in [0.5, 0.6) is 5.75 Å². The summed E-state index contributed by atoms with van der Waals surface area (Å²) in [5.41, 5.74) is 2.13. The van der Waals surface area contributed by atoms with Crippen molar-refractivity contribution in [3.8, 4) is 5.75 Å². The number of ketones is 1. The molecular weight excluding hydrogens is 268 g/mol. The molecule has 4 rings (SSSR count). The summed E-state index contributed by atoms with van der Waals surface area (Å²) in [6.45, 7) is 0. The van der Waals surface area contributed by atoms with Crippen molar-refractivity contribution >= 4 is 17.9 Å². The smallest absolute Gasteiger partial charge is 0.197 e. The molecule has 0 saturated carbocycles. The predicted octanol–water partition coefficient (Wildman–Crippen LogP) is 1.67. The van der Waals surface area contributed by atoms with E-state index in [9.17, 15) is 9.90 Å². The highest BCUT2D eigenvalue weighted by molar-refractivity contribution is 6.19. The van der Waals surface area contributed by atoms with Crippen LogP contribution in [0, 0.1) is 10.6 Å². The summed E-state index contributed by atoms with van der Waals surface area (Å²) in [4.78, 5) is 12.1. The SMILES string of the molecule is O=C1C=c2occc2=c2o/c(=C\c3ccccc3)c(O)c21. The molecule has 0 spiro atoms. The number of benzene rings is 1. The van der Waals surface area contributed by atoms with Gasteiger partial charge in [0, 0.05) is 6.08 Å². The largest absolute Gasteiger partial charge is 0.504 e. The monoisotopic (exact) mass is 278 g/mol. The summed E-state index contributed by atoms with van der Waals surface area (Å²) >= 11 is 0. The average Bonchev–Trinajstić information content (AvgIpc) is 3.06. The number of aromatic hydroxyl groups is 1. The Morgan fingerprint density at radius 3 is 2.71 bits per heavy atom. The molecule has 0 aliphatic heterocycles. The van der Waals surface area contributed by atoms with Crippen molar-refractivity contribution < 1.29 is 18.7 Å². The highest BCUT2D eigenvalue weighted by Gasteiger charge is 2.21. The quantitative estimate of drug-likeness (QED) is 0.735. The van der Waals surface area contributed by atoms with Crippen LogP contribution in [0.4, 0.5) is 0 Å². The zero-order valence-electron chi connectivity index (χ0n) is 10.9. The van der Waals surface area contributed by atoms with Gasteiger partial charge < -0.3 is 13.9 Å². The van der Waals surface area contributed by atoms with Crippen molar-refractivity contribution in [1.82, 2.24) is 0 Å². The summed E-state index contributed by atoms with van der Waals surface area (Å²) in [6.07, 6.45) is 4.55. The number of rotatable bonds is 1. The molecule has 0 fully saturated rings. The molecule has 0 bridgehead atoms. The fourth-order valence-corrected chi connectivity index (χ4v) is 2.47. The predicted molar refractivity (Wildman–Crippen MR) is 74.8 cm³/mol. The number of hydrogen-bond acceptors (Lipinski definition) is 4. The third kappa shape index (κ3) is 1.73. The van der Waals surface area contributed by atoms with Crippen molar-refractivity contribution in [1.29, 1.82) is 0 Å². The van der Waals surface area contributed by atoms with Crippen LogP contribution in [-0.2, 0) is 0 Å². The van der Waals surface area contributed by atoms with E-state index in [2.05, 4.69) is 0 Å². The second-order valence-corrected chi connectivity index (χ2v) is 4.78. The molecule has 1 N–H and O–H groups in total. The van der Waals surface area contributed by atoms with Gasteiger partial charge in [0.05, 0.1) is 11.5 Å². The van der Waals surface area contributed by atoms with E-state index in [1.165, 1.54) is 12.3 Å². The van der Waals surface area contributed by atoms with Gasteiger partial charge >= 0.3 is 0 Å². The Kier molecular flexibility index (Phi) is 2.38. The standard InChI is InChI=1S/C17H10O4/c18-12-9-13-11(6-7-20-13)17-15(12)16(19)14(21-17)8-10-4-2-1-3-5-10/h1-9,19H/b14-8-. The molecule has 0 saturated heterocycles. The van der Waals surface area contributed by atoms with Gasteiger partial charge in [-0.1, -0.05) is 30.3 Å². The maximum absolute atomic E-state index is 12.1. The normalized spacial score (nSPS) is 13.7. The number of carbonyl (C=O) groups excluding carboxylic acids is 1. The molecule has 0 amide bonds. The molecular formula is C17H10O4. The molecule has 4 nitrogen and oxygen atoms in total. The second kappa shape index (κ2) is 4.24. The first-order valence-electron chi connectivity index (χ1n) is 6.46. The number of fused-ring (bicyclic) bond motifs is 2. The molecule has 2 aromatic heterocycles. The lowest BCUT2D eigenvalue weighted by molar-refractivity contribution is 0.105. The summed E-state index contributed by atoms with van der Waals surface area (Å²) in [6, 6.07) is 11.2. The van der Waals surface area contributed by atoms with Crippen molar-refractivity contribution in [3.63, 3.8) is 0 Å². The third-order valence-electron chi connectivity index (χ3n) is 3.45. The Labute approximate surface area is 118 Å². The first kappa shape index (κ1) is 11.8. The Morgan fingerprint density at radius 2 is 1.90 bits per heavy atom. The van der Waals surface area contributed by atoms with E-state index >= 15 is 0 Å². The molecule has 0 atom stereocenters. The van der Waals surface area contributed by atoms with Crippen molar-refractivity contribution in [2.45, 2.75) is 0 Å². The van der Waals surface area contributed by atoms with Gasteiger partial charge in [-0.15, -0.1) is 0 Å². The minimum atomic E-state index is -0.318. The van der Waals surface area contributed by atoms with E-state index in [1.54, 1.807) is 12.1 Å². The highest BCUT2D eigenvalue weighted by atomic mass is 16.4. The van der Waals surface area contributed by atoms with Crippen LogP contribution in [0.3, 0.4) is 0 Å². The van der Waals surface area contributed by atoms with Gasteiger partial charge in [0.15, 0.2) is 22.4 Å². The molecule has 3 aromatic rings. The highest BCUT2D eigenvalue weighted by Crippen LogP contribution is 2.19. The van der Waals surface area contributed by atoms with E-state index in [1.807, 2.05) is 30.3 Å². The lowest BCUT2D eigenvalue weighted by atomic mass is 10.1. The summed E-state index contributed by atoms with van der Waals surface area (Å²) < 4.78 is 10.9. The number of furan rings is 2. The van der Waals surface area contributed by atoms with Crippen LogP contribution >= 0.6 is 0 Å². The average molecular weight is 278 g/mol.